The van der Waals surface area contributed by atoms with E-state index in [0.717, 1.165) is 6.42 Å². The van der Waals surface area contributed by atoms with Crippen LogP contribution in [-0.4, -0.2) is 16.8 Å². The summed E-state index contributed by atoms with van der Waals surface area (Å²) < 4.78 is 1.84. The molecule has 0 aliphatic rings. The summed E-state index contributed by atoms with van der Waals surface area (Å²) in [4.78, 5) is 0. The van der Waals surface area contributed by atoms with Crippen LogP contribution in [0.15, 0.2) is 29.2 Å². The summed E-state index contributed by atoms with van der Waals surface area (Å²) in [5, 5.41) is 11.8. The predicted molar refractivity (Wildman–Crippen MR) is 63.0 cm³/mol. The van der Waals surface area contributed by atoms with Crippen LogP contribution in [0.2, 0.25) is 0 Å². The van der Waals surface area contributed by atoms with E-state index in [9.17, 15) is 0 Å². The Morgan fingerprint density at radius 3 is 3.00 bits per heavy atom. The van der Waals surface area contributed by atoms with Crippen LogP contribution in [0, 0.1) is 0 Å². The average molecular weight is 221 g/mol. The van der Waals surface area contributed by atoms with Crippen molar-refractivity contribution in [1.82, 2.24) is 15.1 Å². The molecule has 0 aliphatic carbocycles. The van der Waals surface area contributed by atoms with E-state index in [-0.39, 0.29) is 0 Å². The molecule has 0 fully saturated rings. The number of nitrogens with one attached hydrogen (secondary N) is 1. The average Bonchev–Trinajstić information content (AvgIpc) is 2.85. The van der Waals surface area contributed by atoms with Gasteiger partial charge in [0.2, 0.25) is 0 Å². The van der Waals surface area contributed by atoms with Crippen molar-refractivity contribution < 1.29 is 0 Å². The molecule has 1 atom stereocenters. The van der Waals surface area contributed by atoms with Crippen LogP contribution in [0.1, 0.15) is 17.2 Å². The van der Waals surface area contributed by atoms with E-state index in [1.54, 1.807) is 11.3 Å². The molecule has 0 saturated heterocycles. The summed E-state index contributed by atoms with van der Waals surface area (Å²) in [5.41, 5.74) is 2.62. The van der Waals surface area contributed by atoms with Crippen LogP contribution in [0.3, 0.4) is 0 Å². The molecule has 2 aromatic rings. The van der Waals surface area contributed by atoms with Gasteiger partial charge in [0.15, 0.2) is 0 Å². The van der Waals surface area contributed by atoms with Gasteiger partial charge in [-0.25, -0.2) is 0 Å². The quantitative estimate of drug-likeness (QED) is 0.855. The molecule has 0 aliphatic heterocycles. The number of hydrogen-bond donors (Lipinski definition) is 1. The lowest BCUT2D eigenvalue weighted by molar-refractivity contribution is 0.592. The second kappa shape index (κ2) is 4.59. The van der Waals surface area contributed by atoms with Crippen LogP contribution in [-0.2, 0) is 13.5 Å². The van der Waals surface area contributed by atoms with Gasteiger partial charge in [0.05, 0.1) is 6.20 Å². The third kappa shape index (κ3) is 2.46. The van der Waals surface area contributed by atoms with Crippen molar-refractivity contribution >= 4 is 11.3 Å². The molecule has 1 N–H and O–H groups in total. The van der Waals surface area contributed by atoms with Crippen LogP contribution in [0.25, 0.3) is 0 Å². The molecular formula is C11H15N3S. The number of rotatable bonds is 4. The van der Waals surface area contributed by atoms with E-state index >= 15 is 0 Å². The Morgan fingerprint density at radius 2 is 2.47 bits per heavy atom. The number of aromatic nitrogens is 2. The molecule has 2 heterocycles. The summed E-state index contributed by atoms with van der Waals surface area (Å²) in [7, 11) is 3.94. The van der Waals surface area contributed by atoms with E-state index in [1.165, 1.54) is 11.1 Å². The second-order valence-corrected chi connectivity index (χ2v) is 4.40. The van der Waals surface area contributed by atoms with Gasteiger partial charge in [-0.05, 0) is 35.9 Å². The number of thiophene rings is 1. The largest absolute Gasteiger partial charge is 0.313 e. The fourth-order valence-electron chi connectivity index (χ4n) is 1.65. The number of hydrogen-bond acceptors (Lipinski definition) is 3. The Kier molecular flexibility index (Phi) is 3.18. The van der Waals surface area contributed by atoms with Crippen molar-refractivity contribution in [2.24, 2.45) is 7.05 Å². The van der Waals surface area contributed by atoms with Crippen LogP contribution in [0.5, 0.6) is 0 Å². The van der Waals surface area contributed by atoms with Gasteiger partial charge < -0.3 is 5.32 Å². The lowest BCUT2D eigenvalue weighted by Gasteiger charge is -2.13. The third-order valence-corrected chi connectivity index (χ3v) is 3.23. The standard InChI is InChI=1S/C11H15N3S/c1-12-11(5-9-3-4-15-8-9)10-6-13-14(2)7-10/h3-4,6-8,11-12H,5H2,1-2H3. The molecule has 4 heteroatoms. The minimum atomic E-state index is 0.355. The molecule has 0 amide bonds. The van der Waals surface area contributed by atoms with Gasteiger partial charge in [-0.1, -0.05) is 0 Å². The molecule has 0 radical (unpaired) electrons. The van der Waals surface area contributed by atoms with Gasteiger partial charge in [-0.2, -0.15) is 16.4 Å². The molecule has 2 rings (SSSR count). The van der Waals surface area contributed by atoms with Crippen molar-refractivity contribution in [3.05, 3.63) is 40.3 Å². The molecule has 15 heavy (non-hydrogen) atoms. The molecule has 3 nitrogen and oxygen atoms in total. The first-order valence-corrected chi connectivity index (χ1v) is 5.91. The van der Waals surface area contributed by atoms with Gasteiger partial charge in [0, 0.05) is 24.8 Å². The number of likely N-dealkylation sites (N-methyl/N-ethyl adjacent to an activating group) is 1. The van der Waals surface area contributed by atoms with Gasteiger partial charge in [0.1, 0.15) is 0 Å². The maximum absolute atomic E-state index is 4.19. The first kappa shape index (κ1) is 10.4. The van der Waals surface area contributed by atoms with E-state index in [2.05, 4.69) is 33.4 Å². The Bertz CT molecular complexity index is 405. The predicted octanol–water partition coefficient (Wildman–Crippen LogP) is 1.98. The first-order chi connectivity index (χ1) is 7.29. The minimum absolute atomic E-state index is 0.355. The summed E-state index contributed by atoms with van der Waals surface area (Å²) >= 11 is 1.74. The van der Waals surface area contributed by atoms with E-state index in [1.807, 2.05) is 25.0 Å². The van der Waals surface area contributed by atoms with E-state index in [4.69, 9.17) is 0 Å². The zero-order valence-corrected chi connectivity index (χ0v) is 9.79. The molecule has 0 spiro atoms. The molecular weight excluding hydrogens is 206 g/mol. The Labute approximate surface area is 93.7 Å². The molecule has 0 aromatic carbocycles. The van der Waals surface area contributed by atoms with Crippen molar-refractivity contribution in [2.45, 2.75) is 12.5 Å². The van der Waals surface area contributed by atoms with Gasteiger partial charge in [-0.3, -0.25) is 4.68 Å². The molecule has 0 bridgehead atoms. The van der Waals surface area contributed by atoms with Crippen LogP contribution < -0.4 is 5.32 Å². The SMILES string of the molecule is CNC(Cc1ccsc1)c1cnn(C)c1. The topological polar surface area (TPSA) is 29.9 Å². The summed E-state index contributed by atoms with van der Waals surface area (Å²) in [5.74, 6) is 0. The maximum atomic E-state index is 4.19. The number of aryl methyl sites for hydroxylation is 1. The lowest BCUT2D eigenvalue weighted by atomic mass is 10.0. The molecule has 2 aromatic heterocycles. The highest BCUT2D eigenvalue weighted by Gasteiger charge is 2.11. The highest BCUT2D eigenvalue weighted by atomic mass is 32.1. The van der Waals surface area contributed by atoms with Crippen molar-refractivity contribution in [1.29, 1.82) is 0 Å². The normalized spacial score (nSPS) is 12.9. The Hall–Kier alpha value is -1.13. The Balaban J connectivity index is 2.11. The van der Waals surface area contributed by atoms with Crippen molar-refractivity contribution in [3.63, 3.8) is 0 Å². The fourth-order valence-corrected chi connectivity index (χ4v) is 2.33. The molecule has 0 saturated carbocycles. The van der Waals surface area contributed by atoms with Gasteiger partial charge in [-0.15, -0.1) is 0 Å². The van der Waals surface area contributed by atoms with Crippen LogP contribution >= 0.6 is 11.3 Å². The van der Waals surface area contributed by atoms with Crippen LogP contribution in [0.4, 0.5) is 0 Å². The molecule has 1 unspecified atom stereocenters. The highest BCUT2D eigenvalue weighted by Crippen LogP contribution is 2.18. The minimum Gasteiger partial charge on any atom is -0.313 e. The first-order valence-electron chi connectivity index (χ1n) is 4.96. The second-order valence-electron chi connectivity index (χ2n) is 3.62. The third-order valence-electron chi connectivity index (χ3n) is 2.50. The van der Waals surface area contributed by atoms with Gasteiger partial charge >= 0.3 is 0 Å². The fraction of sp³-hybridized carbons (Fsp3) is 0.364. The smallest absolute Gasteiger partial charge is 0.0537 e. The summed E-state index contributed by atoms with van der Waals surface area (Å²) in [6, 6.07) is 2.53. The Morgan fingerprint density at radius 1 is 1.60 bits per heavy atom. The summed E-state index contributed by atoms with van der Waals surface area (Å²) in [6.45, 7) is 0. The number of nitrogens with zero attached hydrogens (tertiary/aromatic N) is 2. The zero-order valence-electron chi connectivity index (χ0n) is 8.97. The molecule has 80 valence electrons. The monoisotopic (exact) mass is 221 g/mol. The highest BCUT2D eigenvalue weighted by molar-refractivity contribution is 7.07. The van der Waals surface area contributed by atoms with Crippen molar-refractivity contribution in [2.75, 3.05) is 7.05 Å². The zero-order chi connectivity index (χ0) is 10.7. The van der Waals surface area contributed by atoms with E-state index in [0.29, 0.717) is 6.04 Å². The maximum Gasteiger partial charge on any atom is 0.0537 e. The van der Waals surface area contributed by atoms with Crippen molar-refractivity contribution in [3.8, 4) is 0 Å². The van der Waals surface area contributed by atoms with E-state index < -0.39 is 0 Å². The summed E-state index contributed by atoms with van der Waals surface area (Å²) in [6.07, 6.45) is 5.01. The lowest BCUT2D eigenvalue weighted by Crippen LogP contribution is -2.18. The van der Waals surface area contributed by atoms with Gasteiger partial charge in [0.25, 0.3) is 0 Å².